The summed E-state index contributed by atoms with van der Waals surface area (Å²) in [6.07, 6.45) is 2.77. The number of hydrogen-bond acceptors (Lipinski definition) is 3. The van der Waals surface area contributed by atoms with E-state index in [4.69, 9.17) is 0 Å². The van der Waals surface area contributed by atoms with Crippen LogP contribution in [-0.4, -0.2) is 40.9 Å². The standard InChI is InChI=1S/C16H21FN2OS.ClH/c17-13-3-1-12(2-4-13)10-19(15-5-6-15)16(20)9-14-11-21-8-7-18-14;/h1-4,14-15,18H,5-11H2;1H. The number of benzene rings is 1. The van der Waals surface area contributed by atoms with Gasteiger partial charge in [0.25, 0.3) is 0 Å². The molecule has 0 aromatic heterocycles. The molecule has 1 N–H and O–H groups in total. The second-order valence-corrected chi connectivity index (χ2v) is 6.96. The van der Waals surface area contributed by atoms with Crippen molar-refractivity contribution in [3.05, 3.63) is 35.6 Å². The van der Waals surface area contributed by atoms with Crippen molar-refractivity contribution in [1.82, 2.24) is 10.2 Å². The first-order chi connectivity index (χ1) is 10.2. The van der Waals surface area contributed by atoms with Crippen molar-refractivity contribution < 1.29 is 9.18 Å². The Hall–Kier alpha value is -0.780. The molecule has 22 heavy (non-hydrogen) atoms. The summed E-state index contributed by atoms with van der Waals surface area (Å²) in [5.74, 6) is 2.14. The van der Waals surface area contributed by atoms with Crippen molar-refractivity contribution >= 4 is 30.1 Å². The number of nitrogens with zero attached hydrogens (tertiary/aromatic N) is 1. The predicted molar refractivity (Wildman–Crippen MR) is 91.0 cm³/mol. The van der Waals surface area contributed by atoms with Gasteiger partial charge >= 0.3 is 0 Å². The quantitative estimate of drug-likeness (QED) is 0.891. The van der Waals surface area contributed by atoms with Crippen LogP contribution in [0.3, 0.4) is 0 Å². The van der Waals surface area contributed by atoms with E-state index in [1.807, 2.05) is 16.7 Å². The third kappa shape index (κ3) is 4.86. The Balaban J connectivity index is 0.00000176. The monoisotopic (exact) mass is 344 g/mol. The molecule has 1 aliphatic carbocycles. The zero-order valence-corrected chi connectivity index (χ0v) is 14.1. The summed E-state index contributed by atoms with van der Waals surface area (Å²) in [6, 6.07) is 7.15. The van der Waals surface area contributed by atoms with Gasteiger partial charge in [0, 0.05) is 43.1 Å². The average molecular weight is 345 g/mol. The molecule has 1 aromatic carbocycles. The molecular weight excluding hydrogens is 323 g/mol. The molecule has 2 fully saturated rings. The summed E-state index contributed by atoms with van der Waals surface area (Å²) in [5.41, 5.74) is 1.00. The third-order valence-electron chi connectivity index (χ3n) is 3.99. The maximum absolute atomic E-state index is 13.0. The van der Waals surface area contributed by atoms with Crippen LogP contribution in [0.1, 0.15) is 24.8 Å². The van der Waals surface area contributed by atoms with Crippen molar-refractivity contribution in [1.29, 1.82) is 0 Å². The van der Waals surface area contributed by atoms with E-state index < -0.39 is 0 Å². The summed E-state index contributed by atoms with van der Waals surface area (Å²) in [5, 5.41) is 3.42. The van der Waals surface area contributed by atoms with Crippen molar-refractivity contribution in [2.24, 2.45) is 0 Å². The molecule has 1 saturated heterocycles. The smallest absolute Gasteiger partial charge is 0.224 e. The van der Waals surface area contributed by atoms with E-state index in [9.17, 15) is 9.18 Å². The van der Waals surface area contributed by atoms with E-state index in [-0.39, 0.29) is 24.1 Å². The predicted octanol–water partition coefficient (Wildman–Crippen LogP) is 2.83. The summed E-state index contributed by atoms with van der Waals surface area (Å²) >= 11 is 1.91. The van der Waals surface area contributed by atoms with Gasteiger partial charge in [-0.1, -0.05) is 12.1 Å². The molecule has 1 aromatic rings. The highest BCUT2D eigenvalue weighted by molar-refractivity contribution is 7.99. The highest BCUT2D eigenvalue weighted by atomic mass is 35.5. The van der Waals surface area contributed by atoms with Crippen LogP contribution in [0, 0.1) is 5.82 Å². The van der Waals surface area contributed by atoms with Crippen LogP contribution in [-0.2, 0) is 11.3 Å². The van der Waals surface area contributed by atoms with Crippen molar-refractivity contribution in [2.45, 2.75) is 37.9 Å². The fourth-order valence-corrected chi connectivity index (χ4v) is 3.62. The summed E-state index contributed by atoms with van der Waals surface area (Å²) < 4.78 is 13.0. The van der Waals surface area contributed by atoms with Gasteiger partial charge in [0.2, 0.25) is 5.91 Å². The lowest BCUT2D eigenvalue weighted by molar-refractivity contribution is -0.132. The first-order valence-electron chi connectivity index (χ1n) is 7.57. The lowest BCUT2D eigenvalue weighted by Crippen LogP contribution is -2.43. The molecule has 0 spiro atoms. The van der Waals surface area contributed by atoms with Crippen molar-refractivity contribution in [3.63, 3.8) is 0 Å². The Morgan fingerprint density at radius 3 is 2.64 bits per heavy atom. The molecule has 122 valence electrons. The van der Waals surface area contributed by atoms with E-state index >= 15 is 0 Å². The number of hydrogen-bond donors (Lipinski definition) is 1. The summed E-state index contributed by atoms with van der Waals surface area (Å²) in [6.45, 7) is 1.59. The Morgan fingerprint density at radius 2 is 2.05 bits per heavy atom. The van der Waals surface area contributed by atoms with Gasteiger partial charge in [-0.15, -0.1) is 12.4 Å². The maximum Gasteiger partial charge on any atom is 0.224 e. The Labute approximate surface area is 141 Å². The molecular formula is C16H22ClFN2OS. The number of thioether (sulfide) groups is 1. The lowest BCUT2D eigenvalue weighted by atomic mass is 10.1. The van der Waals surface area contributed by atoms with Crippen LogP contribution in [0.2, 0.25) is 0 Å². The molecule has 3 nitrogen and oxygen atoms in total. The second-order valence-electron chi connectivity index (χ2n) is 5.81. The lowest BCUT2D eigenvalue weighted by Gasteiger charge is -2.27. The second kappa shape index (κ2) is 8.18. The van der Waals surface area contributed by atoms with E-state index in [0.29, 0.717) is 25.0 Å². The van der Waals surface area contributed by atoms with Gasteiger partial charge < -0.3 is 10.2 Å². The fourth-order valence-electron chi connectivity index (χ4n) is 2.67. The molecule has 1 unspecified atom stereocenters. The minimum Gasteiger partial charge on any atom is -0.335 e. The third-order valence-corrected chi connectivity index (χ3v) is 5.12. The first-order valence-corrected chi connectivity index (χ1v) is 8.73. The highest BCUT2D eigenvalue weighted by Gasteiger charge is 2.33. The van der Waals surface area contributed by atoms with E-state index in [1.165, 1.54) is 12.1 Å². The zero-order chi connectivity index (χ0) is 14.7. The summed E-state index contributed by atoms with van der Waals surface area (Å²) in [7, 11) is 0. The Kier molecular flexibility index (Phi) is 6.53. The van der Waals surface area contributed by atoms with Crippen LogP contribution in [0.5, 0.6) is 0 Å². The molecule has 0 bridgehead atoms. The highest BCUT2D eigenvalue weighted by Crippen LogP contribution is 2.29. The zero-order valence-electron chi connectivity index (χ0n) is 12.5. The molecule has 1 heterocycles. The van der Waals surface area contributed by atoms with E-state index in [0.717, 1.165) is 36.5 Å². The van der Waals surface area contributed by atoms with Crippen LogP contribution >= 0.6 is 24.2 Å². The molecule has 1 aliphatic heterocycles. The summed E-state index contributed by atoms with van der Waals surface area (Å²) in [4.78, 5) is 14.5. The number of rotatable bonds is 5. The molecule has 6 heteroatoms. The van der Waals surface area contributed by atoms with Crippen molar-refractivity contribution in [2.75, 3.05) is 18.1 Å². The van der Waals surface area contributed by atoms with Crippen LogP contribution in [0.25, 0.3) is 0 Å². The van der Waals surface area contributed by atoms with Crippen LogP contribution in [0.15, 0.2) is 24.3 Å². The normalized spacial score (nSPS) is 21.0. The fraction of sp³-hybridized carbons (Fsp3) is 0.562. The number of amides is 1. The Morgan fingerprint density at radius 1 is 1.32 bits per heavy atom. The molecule has 1 atom stereocenters. The van der Waals surface area contributed by atoms with Gasteiger partial charge in [-0.2, -0.15) is 11.8 Å². The molecule has 1 amide bonds. The SMILES string of the molecule is Cl.O=C(CC1CSCCN1)N(Cc1ccc(F)cc1)C1CC1. The average Bonchev–Trinajstić information content (AvgIpc) is 3.32. The van der Waals surface area contributed by atoms with Gasteiger partial charge in [-0.3, -0.25) is 4.79 Å². The molecule has 1 saturated carbocycles. The van der Waals surface area contributed by atoms with Gasteiger partial charge in [0.1, 0.15) is 5.82 Å². The largest absolute Gasteiger partial charge is 0.335 e. The number of halogens is 2. The number of carbonyl (C=O) groups is 1. The molecule has 2 aliphatic rings. The first kappa shape index (κ1) is 17.6. The van der Waals surface area contributed by atoms with Crippen LogP contribution < -0.4 is 5.32 Å². The molecule has 3 rings (SSSR count). The van der Waals surface area contributed by atoms with Crippen molar-refractivity contribution in [3.8, 4) is 0 Å². The van der Waals surface area contributed by atoms with E-state index in [2.05, 4.69) is 5.32 Å². The maximum atomic E-state index is 13.0. The minimum absolute atomic E-state index is 0. The number of nitrogens with one attached hydrogen (secondary N) is 1. The number of carbonyl (C=O) groups excluding carboxylic acids is 1. The Bertz CT molecular complexity index is 489. The van der Waals surface area contributed by atoms with Gasteiger partial charge in [-0.05, 0) is 30.5 Å². The van der Waals surface area contributed by atoms with Gasteiger partial charge in [-0.25, -0.2) is 4.39 Å². The topological polar surface area (TPSA) is 32.3 Å². The van der Waals surface area contributed by atoms with Gasteiger partial charge in [0.15, 0.2) is 0 Å². The minimum atomic E-state index is -0.230. The van der Waals surface area contributed by atoms with E-state index in [1.54, 1.807) is 12.1 Å². The van der Waals surface area contributed by atoms with Gasteiger partial charge in [0.05, 0.1) is 0 Å². The molecule has 0 radical (unpaired) electrons. The van der Waals surface area contributed by atoms with Crippen LogP contribution in [0.4, 0.5) is 4.39 Å².